The largest absolute Gasteiger partial charge is 0.383 e. The summed E-state index contributed by atoms with van der Waals surface area (Å²) >= 11 is 0. The first-order valence-electron chi connectivity index (χ1n) is 12.0. The van der Waals surface area contributed by atoms with Crippen molar-refractivity contribution in [2.24, 2.45) is 5.84 Å². The van der Waals surface area contributed by atoms with E-state index in [9.17, 15) is 0 Å². The number of fused-ring (bicyclic) bond motifs is 1. The number of nitrogens with two attached hydrogens (primary N) is 1. The highest BCUT2D eigenvalue weighted by molar-refractivity contribution is 5.66. The third-order valence-corrected chi connectivity index (χ3v) is 6.54. The fourth-order valence-corrected chi connectivity index (χ4v) is 4.47. The maximum Gasteiger partial charge on any atom is 0.137 e. The van der Waals surface area contributed by atoms with Gasteiger partial charge in [0, 0.05) is 82.0 Å². The molecule has 2 aliphatic heterocycles. The third-order valence-electron chi connectivity index (χ3n) is 6.54. The highest BCUT2D eigenvalue weighted by atomic mass is 15.3. The first-order chi connectivity index (χ1) is 17.1. The minimum Gasteiger partial charge on any atom is -0.383 e. The van der Waals surface area contributed by atoms with Gasteiger partial charge in [-0.25, -0.2) is 4.98 Å². The van der Waals surface area contributed by atoms with Crippen LogP contribution in [0.25, 0.3) is 11.3 Å². The van der Waals surface area contributed by atoms with Crippen molar-refractivity contribution in [3.8, 4) is 0 Å². The lowest BCUT2D eigenvalue weighted by Gasteiger charge is -2.35. The molecular formula is C26H33N9. The van der Waals surface area contributed by atoms with Crippen LogP contribution in [0.1, 0.15) is 23.2 Å². The van der Waals surface area contributed by atoms with Crippen molar-refractivity contribution >= 4 is 17.0 Å². The molecular weight excluding hydrogens is 438 g/mol. The van der Waals surface area contributed by atoms with Crippen molar-refractivity contribution < 1.29 is 0 Å². The molecule has 2 aliphatic rings. The van der Waals surface area contributed by atoms with Crippen LogP contribution in [0.3, 0.4) is 0 Å². The Labute approximate surface area is 206 Å². The second-order valence-electron chi connectivity index (χ2n) is 9.12. The van der Waals surface area contributed by atoms with Gasteiger partial charge in [0.15, 0.2) is 0 Å². The average molecular weight is 472 g/mol. The van der Waals surface area contributed by atoms with E-state index < -0.39 is 0 Å². The van der Waals surface area contributed by atoms with Crippen molar-refractivity contribution in [3.63, 3.8) is 0 Å². The van der Waals surface area contributed by atoms with Crippen LogP contribution in [-0.4, -0.2) is 57.4 Å². The lowest BCUT2D eigenvalue weighted by atomic mass is 10.2. The van der Waals surface area contributed by atoms with E-state index in [0.717, 1.165) is 67.4 Å². The highest BCUT2D eigenvalue weighted by Gasteiger charge is 2.17. The van der Waals surface area contributed by atoms with Crippen LogP contribution < -0.4 is 21.5 Å². The normalized spacial score (nSPS) is 17.0. The van der Waals surface area contributed by atoms with Crippen molar-refractivity contribution in [3.05, 3.63) is 90.6 Å². The topological polar surface area (TPSA) is 90.0 Å². The fraction of sp³-hybridized carbons (Fsp3) is 0.308. The van der Waals surface area contributed by atoms with Gasteiger partial charge in [-0.15, -0.1) is 0 Å². The van der Waals surface area contributed by atoms with Gasteiger partial charge in [-0.2, -0.15) is 0 Å². The lowest BCUT2D eigenvalue weighted by Crippen LogP contribution is -2.42. The van der Waals surface area contributed by atoms with Gasteiger partial charge in [0.05, 0.1) is 29.8 Å². The van der Waals surface area contributed by atoms with Gasteiger partial charge in [-0.05, 0) is 24.1 Å². The van der Waals surface area contributed by atoms with E-state index in [4.69, 9.17) is 10.8 Å². The Balaban J connectivity index is 1.23. The second-order valence-corrected chi connectivity index (χ2v) is 9.12. The Kier molecular flexibility index (Phi) is 6.69. The molecule has 0 saturated carbocycles. The van der Waals surface area contributed by atoms with Crippen molar-refractivity contribution in [2.45, 2.75) is 19.5 Å². The Morgan fingerprint density at radius 1 is 1.20 bits per heavy atom. The number of imidazole rings is 1. The molecule has 1 saturated heterocycles. The average Bonchev–Trinajstić information content (AvgIpc) is 3.54. The predicted octanol–water partition coefficient (Wildman–Crippen LogP) is 2.27. The molecule has 0 atom stereocenters. The summed E-state index contributed by atoms with van der Waals surface area (Å²) in [7, 11) is 2.11. The zero-order chi connectivity index (χ0) is 24.2. The SMILES string of the molecule is C=C1CN(Cc2ccc3nc(CN/C=C(\NN)c4cncc(N5C=CCC5)c4)cn3c2)CCN1C. The van der Waals surface area contributed by atoms with Gasteiger partial charge in [0.2, 0.25) is 0 Å². The quantitative estimate of drug-likeness (QED) is 0.341. The first-order valence-corrected chi connectivity index (χ1v) is 12.0. The van der Waals surface area contributed by atoms with Gasteiger partial charge in [-0.1, -0.05) is 18.7 Å². The summed E-state index contributed by atoms with van der Waals surface area (Å²) in [5, 5.41) is 3.33. The fourth-order valence-electron chi connectivity index (χ4n) is 4.47. The molecule has 0 unspecified atom stereocenters. The number of nitrogens with one attached hydrogen (secondary N) is 2. The number of aromatic nitrogens is 3. The Hall–Kier alpha value is -3.82. The van der Waals surface area contributed by atoms with Crippen molar-refractivity contribution in [1.29, 1.82) is 0 Å². The summed E-state index contributed by atoms with van der Waals surface area (Å²) in [6, 6.07) is 6.32. The van der Waals surface area contributed by atoms with E-state index in [-0.39, 0.29) is 0 Å². The molecule has 5 rings (SSSR count). The minimum atomic E-state index is 0.586. The van der Waals surface area contributed by atoms with E-state index in [1.54, 1.807) is 6.20 Å². The molecule has 3 aromatic rings. The molecule has 0 aromatic carbocycles. The summed E-state index contributed by atoms with van der Waals surface area (Å²) in [6.07, 6.45) is 15.1. The Bertz CT molecular complexity index is 1260. The smallest absolute Gasteiger partial charge is 0.137 e. The maximum absolute atomic E-state index is 5.81. The first kappa shape index (κ1) is 22.9. The Morgan fingerprint density at radius 2 is 2.11 bits per heavy atom. The summed E-state index contributed by atoms with van der Waals surface area (Å²) in [5.74, 6) is 5.81. The molecule has 9 heteroatoms. The third kappa shape index (κ3) is 5.31. The van der Waals surface area contributed by atoms with E-state index in [1.165, 1.54) is 11.3 Å². The zero-order valence-corrected chi connectivity index (χ0v) is 20.2. The van der Waals surface area contributed by atoms with Crippen molar-refractivity contribution in [2.75, 3.05) is 38.1 Å². The number of anilines is 1. The number of hydrogen-bond acceptors (Lipinski definition) is 8. The summed E-state index contributed by atoms with van der Waals surface area (Å²) in [4.78, 5) is 16.0. The molecule has 4 N–H and O–H groups in total. The van der Waals surface area contributed by atoms with Crippen LogP contribution in [0, 0.1) is 0 Å². The Morgan fingerprint density at radius 3 is 2.91 bits per heavy atom. The number of rotatable bonds is 8. The van der Waals surface area contributed by atoms with Gasteiger partial charge in [0.1, 0.15) is 5.65 Å². The van der Waals surface area contributed by atoms with Gasteiger partial charge < -0.3 is 24.9 Å². The number of hydrogen-bond donors (Lipinski definition) is 3. The van der Waals surface area contributed by atoms with E-state index in [0.29, 0.717) is 6.54 Å². The molecule has 1 fully saturated rings. The molecule has 5 heterocycles. The van der Waals surface area contributed by atoms with Crippen LogP contribution in [0.5, 0.6) is 0 Å². The van der Waals surface area contributed by atoms with Crippen molar-refractivity contribution in [1.82, 2.24) is 34.9 Å². The van der Waals surface area contributed by atoms with Crippen LogP contribution in [0.4, 0.5) is 5.69 Å². The molecule has 35 heavy (non-hydrogen) atoms. The standard InChI is InChI=1S/C26H33N9/c1-20-16-33(10-9-32(20)2)17-21-5-6-26-30-23(19-35(26)18-21)13-29-15-25(31-27)22-11-24(14-28-12-22)34-7-3-4-8-34/h3,5-7,11-12,14-15,18-19,29,31H,1,4,8-10,13,16-17,27H2,2H3/b25-15-. The molecule has 0 bridgehead atoms. The van der Waals surface area contributed by atoms with Gasteiger partial charge >= 0.3 is 0 Å². The van der Waals surface area contributed by atoms with Crippen LogP contribution in [0.2, 0.25) is 0 Å². The number of hydrazine groups is 1. The van der Waals surface area contributed by atoms with Crippen LogP contribution >= 0.6 is 0 Å². The summed E-state index contributed by atoms with van der Waals surface area (Å²) in [5.41, 5.74) is 9.85. The maximum atomic E-state index is 5.81. The number of likely N-dealkylation sites (N-methyl/N-ethyl adjacent to an activating group) is 1. The predicted molar refractivity (Wildman–Crippen MR) is 140 cm³/mol. The molecule has 0 amide bonds. The molecule has 0 spiro atoms. The highest BCUT2D eigenvalue weighted by Crippen LogP contribution is 2.21. The van der Waals surface area contributed by atoms with E-state index >= 15 is 0 Å². The number of pyridine rings is 2. The van der Waals surface area contributed by atoms with Crippen LogP contribution in [-0.2, 0) is 13.1 Å². The van der Waals surface area contributed by atoms with E-state index in [1.807, 2.05) is 12.4 Å². The van der Waals surface area contributed by atoms with Gasteiger partial charge in [0.25, 0.3) is 0 Å². The van der Waals surface area contributed by atoms with E-state index in [2.05, 4.69) is 91.3 Å². The zero-order valence-electron chi connectivity index (χ0n) is 20.2. The number of nitrogens with zero attached hydrogens (tertiary/aromatic N) is 6. The molecule has 3 aromatic heterocycles. The monoisotopic (exact) mass is 471 g/mol. The molecule has 9 nitrogen and oxygen atoms in total. The van der Waals surface area contributed by atoms with Crippen LogP contribution in [0.15, 0.2) is 73.7 Å². The summed E-state index contributed by atoms with van der Waals surface area (Å²) < 4.78 is 2.10. The lowest BCUT2D eigenvalue weighted by molar-refractivity contribution is 0.190. The summed E-state index contributed by atoms with van der Waals surface area (Å²) in [6.45, 7) is 9.60. The molecule has 182 valence electrons. The van der Waals surface area contributed by atoms with Gasteiger partial charge in [-0.3, -0.25) is 15.7 Å². The molecule has 0 radical (unpaired) electrons. The molecule has 0 aliphatic carbocycles. The minimum absolute atomic E-state index is 0.586. The second kappa shape index (κ2) is 10.2. The number of piperazine rings is 1.